The first-order valence-corrected chi connectivity index (χ1v) is 12.3. The van der Waals surface area contributed by atoms with E-state index in [2.05, 4.69) is 15.3 Å². The van der Waals surface area contributed by atoms with Gasteiger partial charge in [0.25, 0.3) is 0 Å². The number of fused-ring (bicyclic) bond motifs is 1. The third kappa shape index (κ3) is 3.15. The minimum absolute atomic E-state index is 0.202. The summed E-state index contributed by atoms with van der Waals surface area (Å²) in [5, 5.41) is 5.20. The quantitative estimate of drug-likeness (QED) is 0.534. The zero-order valence-electron chi connectivity index (χ0n) is 16.2. The minimum atomic E-state index is -1.05. The van der Waals surface area contributed by atoms with Crippen LogP contribution in [0.4, 0.5) is 11.8 Å². The van der Waals surface area contributed by atoms with E-state index in [-0.39, 0.29) is 6.10 Å². The summed E-state index contributed by atoms with van der Waals surface area (Å²) in [4.78, 5) is 28.2. The zero-order chi connectivity index (χ0) is 20.3. The van der Waals surface area contributed by atoms with Crippen LogP contribution >= 0.6 is 11.3 Å². The molecule has 6 rings (SSSR count). The van der Waals surface area contributed by atoms with Gasteiger partial charge in [-0.25, -0.2) is 14.8 Å². The molecule has 11 heteroatoms. The first-order chi connectivity index (χ1) is 14.6. The monoisotopic (exact) mass is 447 g/mol. The molecule has 0 amide bonds. The SMILES string of the molecule is O=C(OC1CN(c2nc3c(c(NC4CC5(COC5)C4)n2)[S@@+]([O-])CC3)C1)c1cscn1. The summed E-state index contributed by atoms with van der Waals surface area (Å²) in [7, 11) is 0. The number of hydrogen-bond donors (Lipinski definition) is 1. The van der Waals surface area contributed by atoms with Crippen LogP contribution in [-0.2, 0) is 27.1 Å². The standard InChI is InChI=1S/C19H21N5O4S2/c25-17(14-7-29-10-20-14)28-12-5-24(6-12)18-22-13-1-2-30(26)15(13)16(23-18)21-11-3-19(4-11)8-27-9-19/h7,10-12H,1-6,8-9H2,(H,21,22,23)/t30-/m0/s1. The summed E-state index contributed by atoms with van der Waals surface area (Å²) in [5.74, 6) is 1.51. The molecule has 2 aromatic heterocycles. The second-order valence-electron chi connectivity index (χ2n) is 8.50. The largest absolute Gasteiger partial charge is 0.611 e. The third-order valence-corrected chi connectivity index (χ3v) is 8.28. The van der Waals surface area contributed by atoms with Crippen LogP contribution in [0.2, 0.25) is 0 Å². The van der Waals surface area contributed by atoms with Crippen molar-refractivity contribution in [3.8, 4) is 0 Å². The highest BCUT2D eigenvalue weighted by atomic mass is 32.2. The molecule has 158 valence electrons. The van der Waals surface area contributed by atoms with Crippen molar-refractivity contribution in [3.63, 3.8) is 0 Å². The van der Waals surface area contributed by atoms with E-state index in [0.29, 0.717) is 54.2 Å². The molecular formula is C19H21N5O4S2. The molecule has 1 atom stereocenters. The third-order valence-electron chi connectivity index (χ3n) is 6.24. The predicted octanol–water partition coefficient (Wildman–Crippen LogP) is 1.23. The van der Waals surface area contributed by atoms with Gasteiger partial charge in [-0.15, -0.1) is 11.3 Å². The number of esters is 1. The summed E-state index contributed by atoms with van der Waals surface area (Å²) in [6, 6.07) is 0.335. The number of nitrogens with one attached hydrogen (secondary N) is 1. The molecule has 2 aromatic rings. The van der Waals surface area contributed by atoms with Gasteiger partial charge in [0.2, 0.25) is 10.8 Å². The Balaban J connectivity index is 1.14. The van der Waals surface area contributed by atoms with Crippen molar-refractivity contribution in [1.29, 1.82) is 0 Å². The zero-order valence-corrected chi connectivity index (χ0v) is 17.8. The Kier molecular flexibility index (Phi) is 4.41. The molecule has 1 saturated carbocycles. The van der Waals surface area contributed by atoms with Crippen LogP contribution in [0.15, 0.2) is 15.8 Å². The summed E-state index contributed by atoms with van der Waals surface area (Å²) < 4.78 is 23.4. The van der Waals surface area contributed by atoms with Crippen LogP contribution in [0.1, 0.15) is 29.0 Å². The smallest absolute Gasteiger partial charge is 0.358 e. The molecule has 4 aliphatic rings. The maximum absolute atomic E-state index is 12.5. The molecule has 3 aliphatic heterocycles. The Morgan fingerprint density at radius 1 is 1.37 bits per heavy atom. The highest BCUT2D eigenvalue weighted by Crippen LogP contribution is 2.48. The topological polar surface area (TPSA) is 113 Å². The van der Waals surface area contributed by atoms with E-state index in [0.717, 1.165) is 36.6 Å². The molecule has 0 aromatic carbocycles. The van der Waals surface area contributed by atoms with E-state index in [9.17, 15) is 9.35 Å². The highest BCUT2D eigenvalue weighted by molar-refractivity contribution is 7.91. The van der Waals surface area contributed by atoms with E-state index in [1.807, 2.05) is 4.90 Å². The molecule has 3 fully saturated rings. The predicted molar refractivity (Wildman–Crippen MR) is 110 cm³/mol. The van der Waals surface area contributed by atoms with Crippen molar-refractivity contribution in [3.05, 3.63) is 22.3 Å². The highest BCUT2D eigenvalue weighted by Gasteiger charge is 2.50. The number of nitrogens with zero attached hydrogens (tertiary/aromatic N) is 4. The van der Waals surface area contributed by atoms with Gasteiger partial charge in [-0.05, 0) is 24.0 Å². The van der Waals surface area contributed by atoms with Crippen LogP contribution < -0.4 is 10.2 Å². The molecule has 0 radical (unpaired) electrons. The molecule has 30 heavy (non-hydrogen) atoms. The summed E-state index contributed by atoms with van der Waals surface area (Å²) >= 11 is 0.312. The second kappa shape index (κ2) is 7.04. The lowest BCUT2D eigenvalue weighted by Crippen LogP contribution is -2.56. The van der Waals surface area contributed by atoms with Crippen molar-refractivity contribution in [2.45, 2.75) is 36.3 Å². The van der Waals surface area contributed by atoms with E-state index in [1.165, 1.54) is 11.3 Å². The first-order valence-electron chi connectivity index (χ1n) is 10.1. The van der Waals surface area contributed by atoms with Crippen molar-refractivity contribution in [2.24, 2.45) is 5.41 Å². The van der Waals surface area contributed by atoms with Crippen molar-refractivity contribution >= 4 is 40.2 Å². The van der Waals surface area contributed by atoms with Gasteiger partial charge >= 0.3 is 5.97 Å². The summed E-state index contributed by atoms with van der Waals surface area (Å²) in [5.41, 5.74) is 3.17. The van der Waals surface area contributed by atoms with Gasteiger partial charge in [-0.2, -0.15) is 4.98 Å². The lowest BCUT2D eigenvalue weighted by molar-refractivity contribution is -0.159. The van der Waals surface area contributed by atoms with E-state index >= 15 is 0 Å². The maximum Gasteiger partial charge on any atom is 0.358 e. The molecular weight excluding hydrogens is 426 g/mol. The number of aryl methyl sites for hydroxylation is 1. The number of rotatable bonds is 5. The normalized spacial score (nSPS) is 24.7. The summed E-state index contributed by atoms with van der Waals surface area (Å²) in [6.45, 7) is 2.78. The van der Waals surface area contributed by atoms with E-state index in [4.69, 9.17) is 14.5 Å². The van der Waals surface area contributed by atoms with Crippen molar-refractivity contribution < 1.29 is 18.8 Å². The van der Waals surface area contributed by atoms with Crippen LogP contribution in [-0.4, -0.2) is 69.7 Å². The Labute approximate surface area is 180 Å². The fourth-order valence-corrected chi connectivity index (χ4v) is 6.37. The van der Waals surface area contributed by atoms with Crippen molar-refractivity contribution in [2.75, 3.05) is 42.3 Å². The van der Waals surface area contributed by atoms with Gasteiger partial charge < -0.3 is 24.2 Å². The van der Waals surface area contributed by atoms with Gasteiger partial charge in [-0.3, -0.25) is 0 Å². The fraction of sp³-hybridized carbons (Fsp3) is 0.579. The molecule has 2 saturated heterocycles. The Hall–Kier alpha value is -1.95. The van der Waals surface area contributed by atoms with E-state index < -0.39 is 17.1 Å². The lowest BCUT2D eigenvalue weighted by Gasteiger charge is -2.53. The van der Waals surface area contributed by atoms with Gasteiger partial charge in [0.1, 0.15) is 17.6 Å². The number of thiazole rings is 1. The number of aromatic nitrogens is 3. The van der Waals surface area contributed by atoms with Crippen LogP contribution in [0.5, 0.6) is 0 Å². The maximum atomic E-state index is 12.5. The first kappa shape index (κ1) is 18.8. The molecule has 0 bridgehead atoms. The van der Waals surface area contributed by atoms with Gasteiger partial charge in [0.15, 0.2) is 11.5 Å². The molecule has 1 aliphatic carbocycles. The van der Waals surface area contributed by atoms with E-state index in [1.54, 1.807) is 10.9 Å². The van der Waals surface area contributed by atoms with Crippen molar-refractivity contribution in [1.82, 2.24) is 15.0 Å². The van der Waals surface area contributed by atoms with Crippen LogP contribution in [0.25, 0.3) is 0 Å². The summed E-state index contributed by atoms with van der Waals surface area (Å²) in [6.07, 6.45) is 2.62. The number of anilines is 2. The average molecular weight is 448 g/mol. The van der Waals surface area contributed by atoms with Crippen LogP contribution in [0, 0.1) is 5.41 Å². The van der Waals surface area contributed by atoms with Crippen LogP contribution in [0.3, 0.4) is 0 Å². The number of carbonyl (C=O) groups excluding carboxylic acids is 1. The van der Waals surface area contributed by atoms with Gasteiger partial charge in [0.05, 0.1) is 31.8 Å². The number of hydrogen-bond acceptors (Lipinski definition) is 10. The number of ether oxygens (including phenoxy) is 2. The minimum Gasteiger partial charge on any atom is -0.611 e. The lowest BCUT2D eigenvalue weighted by atomic mass is 9.64. The second-order valence-corrected chi connectivity index (χ2v) is 10.7. The Bertz CT molecular complexity index is 970. The Morgan fingerprint density at radius 2 is 2.20 bits per heavy atom. The Morgan fingerprint density at radius 3 is 2.90 bits per heavy atom. The molecule has 0 unspecified atom stereocenters. The van der Waals surface area contributed by atoms with Gasteiger partial charge in [0, 0.05) is 23.3 Å². The fourth-order valence-electron chi connectivity index (χ4n) is 4.53. The molecule has 1 spiro atoms. The van der Waals surface area contributed by atoms with Gasteiger partial charge in [-0.1, -0.05) is 0 Å². The number of carbonyl (C=O) groups is 1. The molecule has 9 nitrogen and oxygen atoms in total. The molecule has 1 N–H and O–H groups in total. The molecule has 5 heterocycles. The average Bonchev–Trinajstić information content (AvgIpc) is 3.29.